The number of halogens is 1. The van der Waals surface area contributed by atoms with E-state index in [1.54, 1.807) is 19.2 Å². The SMILES string of the molecule is COc1ccc(C(O)CNC(=O)CCC2CCNCC2)cc1.Cl. The van der Waals surface area contributed by atoms with E-state index in [1.165, 1.54) is 0 Å². The van der Waals surface area contributed by atoms with Crippen molar-refractivity contribution >= 4 is 18.3 Å². The summed E-state index contributed by atoms with van der Waals surface area (Å²) in [4.78, 5) is 11.9. The van der Waals surface area contributed by atoms with Crippen LogP contribution in [0.1, 0.15) is 37.4 Å². The molecular weight excluding hydrogens is 316 g/mol. The minimum atomic E-state index is -0.686. The summed E-state index contributed by atoms with van der Waals surface area (Å²) in [6.45, 7) is 2.36. The molecule has 0 spiro atoms. The Hall–Kier alpha value is -1.30. The van der Waals surface area contributed by atoms with Crippen molar-refractivity contribution in [1.82, 2.24) is 10.6 Å². The Morgan fingerprint density at radius 2 is 2.00 bits per heavy atom. The van der Waals surface area contributed by atoms with Crippen molar-refractivity contribution in [3.8, 4) is 5.75 Å². The van der Waals surface area contributed by atoms with Gasteiger partial charge in [-0.2, -0.15) is 0 Å². The maximum atomic E-state index is 11.9. The predicted molar refractivity (Wildman–Crippen MR) is 93.0 cm³/mol. The first-order valence-corrected chi connectivity index (χ1v) is 7.98. The molecule has 130 valence electrons. The molecule has 6 heteroatoms. The number of carbonyl (C=O) groups is 1. The normalized spacial score (nSPS) is 16.3. The summed E-state index contributed by atoms with van der Waals surface area (Å²) in [5.74, 6) is 1.42. The minimum Gasteiger partial charge on any atom is -0.497 e. The number of aliphatic hydroxyl groups excluding tert-OH is 1. The second kappa shape index (κ2) is 10.5. The molecule has 1 atom stereocenters. The first-order valence-electron chi connectivity index (χ1n) is 7.98. The van der Waals surface area contributed by atoms with E-state index in [-0.39, 0.29) is 24.9 Å². The minimum absolute atomic E-state index is 0. The van der Waals surface area contributed by atoms with Gasteiger partial charge in [-0.25, -0.2) is 0 Å². The summed E-state index contributed by atoms with van der Waals surface area (Å²) in [5, 5.41) is 16.2. The zero-order valence-corrected chi connectivity index (χ0v) is 14.4. The van der Waals surface area contributed by atoms with Gasteiger partial charge in [-0.15, -0.1) is 12.4 Å². The molecule has 0 aliphatic carbocycles. The third-order valence-electron chi connectivity index (χ3n) is 4.23. The molecular formula is C17H27ClN2O3. The number of methoxy groups -OCH3 is 1. The van der Waals surface area contributed by atoms with Crippen molar-refractivity contribution in [2.75, 3.05) is 26.7 Å². The van der Waals surface area contributed by atoms with Gasteiger partial charge in [0.25, 0.3) is 0 Å². The van der Waals surface area contributed by atoms with Gasteiger partial charge >= 0.3 is 0 Å². The van der Waals surface area contributed by atoms with Gasteiger partial charge in [-0.05, 0) is 56.0 Å². The second-order valence-corrected chi connectivity index (χ2v) is 5.83. The van der Waals surface area contributed by atoms with Gasteiger partial charge in [0.1, 0.15) is 5.75 Å². The Morgan fingerprint density at radius 1 is 1.35 bits per heavy atom. The average Bonchev–Trinajstić information content (AvgIpc) is 2.58. The zero-order valence-electron chi connectivity index (χ0n) is 13.6. The molecule has 1 aliphatic rings. The lowest BCUT2D eigenvalue weighted by Crippen LogP contribution is -2.31. The van der Waals surface area contributed by atoms with E-state index >= 15 is 0 Å². The third-order valence-corrected chi connectivity index (χ3v) is 4.23. The number of aliphatic hydroxyl groups is 1. The van der Waals surface area contributed by atoms with E-state index in [4.69, 9.17) is 4.74 Å². The van der Waals surface area contributed by atoms with Gasteiger partial charge in [-0.1, -0.05) is 12.1 Å². The molecule has 1 aromatic carbocycles. The van der Waals surface area contributed by atoms with Crippen molar-refractivity contribution in [1.29, 1.82) is 0 Å². The molecule has 1 saturated heterocycles. The summed E-state index contributed by atoms with van der Waals surface area (Å²) >= 11 is 0. The van der Waals surface area contributed by atoms with Crippen LogP contribution in [0.4, 0.5) is 0 Å². The lowest BCUT2D eigenvalue weighted by Gasteiger charge is -2.22. The van der Waals surface area contributed by atoms with Crippen LogP contribution in [0.3, 0.4) is 0 Å². The highest BCUT2D eigenvalue weighted by Crippen LogP contribution is 2.18. The fraction of sp³-hybridized carbons (Fsp3) is 0.588. The number of nitrogens with one attached hydrogen (secondary N) is 2. The van der Waals surface area contributed by atoms with E-state index in [0.29, 0.717) is 12.3 Å². The lowest BCUT2D eigenvalue weighted by atomic mass is 9.93. The molecule has 0 aromatic heterocycles. The van der Waals surface area contributed by atoms with Crippen LogP contribution in [-0.2, 0) is 4.79 Å². The highest BCUT2D eigenvalue weighted by atomic mass is 35.5. The van der Waals surface area contributed by atoms with E-state index < -0.39 is 6.10 Å². The van der Waals surface area contributed by atoms with Crippen LogP contribution in [0.15, 0.2) is 24.3 Å². The smallest absolute Gasteiger partial charge is 0.220 e. The molecule has 1 amide bonds. The van der Waals surface area contributed by atoms with Crippen molar-refractivity contribution in [2.24, 2.45) is 5.92 Å². The van der Waals surface area contributed by atoms with Crippen LogP contribution in [-0.4, -0.2) is 37.8 Å². The van der Waals surface area contributed by atoms with Gasteiger partial charge in [0.05, 0.1) is 13.2 Å². The fourth-order valence-electron chi connectivity index (χ4n) is 2.75. The molecule has 5 nitrogen and oxygen atoms in total. The summed E-state index contributed by atoms with van der Waals surface area (Å²) in [6.07, 6.45) is 3.10. The summed E-state index contributed by atoms with van der Waals surface area (Å²) in [7, 11) is 1.61. The first kappa shape index (κ1) is 19.7. The summed E-state index contributed by atoms with van der Waals surface area (Å²) in [5.41, 5.74) is 0.777. The topological polar surface area (TPSA) is 70.6 Å². The molecule has 1 unspecified atom stereocenters. The van der Waals surface area contributed by atoms with Crippen LogP contribution < -0.4 is 15.4 Å². The van der Waals surface area contributed by atoms with Gasteiger partial charge in [0.2, 0.25) is 5.91 Å². The molecule has 1 fully saturated rings. The van der Waals surface area contributed by atoms with Crippen LogP contribution in [0, 0.1) is 5.92 Å². The third kappa shape index (κ3) is 6.77. The Balaban J connectivity index is 0.00000264. The van der Waals surface area contributed by atoms with Crippen molar-refractivity contribution < 1.29 is 14.6 Å². The number of rotatable bonds is 7. The van der Waals surface area contributed by atoms with Crippen LogP contribution in [0.2, 0.25) is 0 Å². The molecule has 3 N–H and O–H groups in total. The van der Waals surface area contributed by atoms with Crippen molar-refractivity contribution in [3.05, 3.63) is 29.8 Å². The average molecular weight is 343 g/mol. The maximum absolute atomic E-state index is 11.9. The highest BCUT2D eigenvalue weighted by molar-refractivity contribution is 5.85. The number of ether oxygens (including phenoxy) is 1. The van der Waals surface area contributed by atoms with Gasteiger partial charge in [-0.3, -0.25) is 4.79 Å². The van der Waals surface area contributed by atoms with Crippen LogP contribution >= 0.6 is 12.4 Å². The molecule has 1 aliphatic heterocycles. The Morgan fingerprint density at radius 3 is 2.61 bits per heavy atom. The van der Waals surface area contributed by atoms with E-state index in [9.17, 15) is 9.90 Å². The number of hydrogen-bond donors (Lipinski definition) is 3. The van der Waals surface area contributed by atoms with Crippen molar-refractivity contribution in [2.45, 2.75) is 31.8 Å². The van der Waals surface area contributed by atoms with E-state index in [2.05, 4.69) is 10.6 Å². The maximum Gasteiger partial charge on any atom is 0.220 e. The van der Waals surface area contributed by atoms with Gasteiger partial charge in [0.15, 0.2) is 0 Å². The highest BCUT2D eigenvalue weighted by Gasteiger charge is 2.15. The lowest BCUT2D eigenvalue weighted by molar-refractivity contribution is -0.121. The van der Waals surface area contributed by atoms with E-state index in [0.717, 1.165) is 43.7 Å². The molecule has 23 heavy (non-hydrogen) atoms. The summed E-state index contributed by atoms with van der Waals surface area (Å²) in [6, 6.07) is 7.23. The predicted octanol–water partition coefficient (Wildman–Crippen LogP) is 2.05. The largest absolute Gasteiger partial charge is 0.497 e. The zero-order chi connectivity index (χ0) is 15.8. The fourth-order valence-corrected chi connectivity index (χ4v) is 2.75. The molecule has 1 heterocycles. The number of hydrogen-bond acceptors (Lipinski definition) is 4. The number of amides is 1. The van der Waals surface area contributed by atoms with Crippen LogP contribution in [0.25, 0.3) is 0 Å². The molecule has 0 radical (unpaired) electrons. The monoisotopic (exact) mass is 342 g/mol. The van der Waals surface area contributed by atoms with Crippen molar-refractivity contribution in [3.63, 3.8) is 0 Å². The van der Waals surface area contributed by atoms with E-state index in [1.807, 2.05) is 12.1 Å². The molecule has 0 bridgehead atoms. The first-order chi connectivity index (χ1) is 10.7. The Kier molecular flexibility index (Phi) is 8.99. The van der Waals surface area contributed by atoms with Crippen LogP contribution in [0.5, 0.6) is 5.75 Å². The summed E-state index contributed by atoms with van der Waals surface area (Å²) < 4.78 is 5.08. The molecule has 1 aromatic rings. The molecule has 0 saturated carbocycles. The van der Waals surface area contributed by atoms with Gasteiger partial charge in [0, 0.05) is 13.0 Å². The van der Waals surface area contributed by atoms with Gasteiger partial charge < -0.3 is 20.5 Å². The quantitative estimate of drug-likeness (QED) is 0.709. The standard InChI is InChI=1S/C17H26N2O3.ClH/c1-22-15-5-3-14(4-6-15)16(20)12-19-17(21)7-2-13-8-10-18-11-9-13;/h3-6,13,16,18,20H,2,7-12H2,1H3,(H,19,21);1H. The molecule has 2 rings (SSSR count). The Bertz CT molecular complexity index is 461. The number of benzene rings is 1. The number of piperidine rings is 1. The number of carbonyl (C=O) groups excluding carboxylic acids is 1. The second-order valence-electron chi connectivity index (χ2n) is 5.83. The Labute approximate surface area is 144 Å².